The van der Waals surface area contributed by atoms with Gasteiger partial charge in [-0.25, -0.2) is 14.4 Å². The molecule has 1 aromatic rings. The number of rotatable bonds is 0. The van der Waals surface area contributed by atoms with Gasteiger partial charge >= 0.3 is 76.2 Å². The second kappa shape index (κ2) is 11.1. The van der Waals surface area contributed by atoms with Crippen LogP contribution in [0.15, 0.2) is 14.4 Å². The molecule has 6 nitrogen and oxygen atoms in total. The van der Waals surface area contributed by atoms with Gasteiger partial charge in [0.15, 0.2) is 0 Å². The van der Waals surface area contributed by atoms with E-state index in [1.54, 1.807) is 15.0 Å². The van der Waals surface area contributed by atoms with Crippen molar-refractivity contribution in [2.45, 2.75) is 0 Å². The third-order valence-corrected chi connectivity index (χ3v) is 0.681. The van der Waals surface area contributed by atoms with Gasteiger partial charge < -0.3 is 24.8 Å². The minimum Gasteiger partial charge on any atom is -1.00 e. The van der Waals surface area contributed by atoms with Crippen molar-refractivity contribution < 1.29 is 83.9 Å². The first-order valence-electron chi connectivity index (χ1n) is 2.11. The van der Waals surface area contributed by atoms with Gasteiger partial charge in [-0.15, -0.1) is 0 Å². The van der Waals surface area contributed by atoms with Gasteiger partial charge in [0.2, 0.25) is 0 Å². The summed E-state index contributed by atoms with van der Waals surface area (Å²) in [6, 6.07) is 0. The number of aromatic nitrogens is 3. The first-order chi connectivity index (χ1) is 4.18. The Morgan fingerprint density at radius 1 is 0.615 bits per heavy atom. The van der Waals surface area contributed by atoms with Crippen molar-refractivity contribution in [1.29, 1.82) is 0 Å². The van der Waals surface area contributed by atoms with Crippen molar-refractivity contribution in [3.8, 4) is 0 Å². The fourth-order valence-corrected chi connectivity index (χ4v) is 0.403. The van der Waals surface area contributed by atoms with E-state index in [1.807, 2.05) is 0 Å². The Kier molecular flexibility index (Phi) is 20.1. The van der Waals surface area contributed by atoms with Crippen molar-refractivity contribution in [2.24, 2.45) is 0 Å². The van der Waals surface area contributed by atoms with Crippen molar-refractivity contribution in [3.05, 3.63) is 31.5 Å². The maximum absolute atomic E-state index is 10.2. The number of hydrogen-bond acceptors (Lipinski definition) is 3. The van der Waals surface area contributed by atoms with Gasteiger partial charge in [0.1, 0.15) is 0 Å². The Labute approximate surface area is 129 Å². The number of halogens is 2. The van der Waals surface area contributed by atoms with Gasteiger partial charge in [0.25, 0.3) is 0 Å². The molecule has 0 aliphatic heterocycles. The van der Waals surface area contributed by atoms with Crippen LogP contribution < -0.4 is 101 Å². The quantitative estimate of drug-likeness (QED) is 0.396. The fourth-order valence-electron chi connectivity index (χ4n) is 0.403. The molecule has 1 aromatic heterocycles. The van der Waals surface area contributed by atoms with E-state index in [2.05, 4.69) is 0 Å². The first-order valence-corrected chi connectivity index (χ1v) is 2.11. The Morgan fingerprint density at radius 3 is 0.923 bits per heavy atom. The van der Waals surface area contributed by atoms with Gasteiger partial charge in [-0.2, -0.15) is 0 Å². The summed E-state index contributed by atoms with van der Waals surface area (Å²) in [5, 5.41) is 0. The van der Waals surface area contributed by atoms with Gasteiger partial charge in [-0.05, 0) is 0 Å². The van der Waals surface area contributed by atoms with Crippen LogP contribution in [0.4, 0.5) is 0 Å². The average molecular weight is 246 g/mol. The molecule has 1 heterocycles. The summed E-state index contributed by atoms with van der Waals surface area (Å²) >= 11 is 0. The number of H-pyrrole nitrogens is 3. The molecule has 0 aliphatic carbocycles. The molecule has 0 atom stereocenters. The molecule has 0 fully saturated rings. The van der Waals surface area contributed by atoms with Crippen LogP contribution in [0.25, 0.3) is 0 Å². The summed E-state index contributed by atoms with van der Waals surface area (Å²) in [5.74, 6) is 0. The molecule has 0 saturated heterocycles. The van der Waals surface area contributed by atoms with Crippen molar-refractivity contribution in [1.82, 2.24) is 15.0 Å². The molecular formula is C3H3Cl2N3Na2O3. The van der Waals surface area contributed by atoms with E-state index in [-0.39, 0.29) is 83.9 Å². The van der Waals surface area contributed by atoms with E-state index in [0.717, 1.165) is 0 Å². The van der Waals surface area contributed by atoms with E-state index >= 15 is 0 Å². The van der Waals surface area contributed by atoms with Crippen LogP contribution in [0.3, 0.4) is 0 Å². The zero-order chi connectivity index (χ0) is 6.85. The van der Waals surface area contributed by atoms with Crippen LogP contribution in [0.1, 0.15) is 0 Å². The van der Waals surface area contributed by atoms with Crippen molar-refractivity contribution in [3.63, 3.8) is 0 Å². The molecular weight excluding hydrogens is 243 g/mol. The summed E-state index contributed by atoms with van der Waals surface area (Å²) in [4.78, 5) is 35.9. The maximum Gasteiger partial charge on any atom is 1.00 e. The van der Waals surface area contributed by atoms with Crippen molar-refractivity contribution >= 4 is 0 Å². The Bertz CT molecular complexity index is 292. The third kappa shape index (κ3) is 9.30. The van der Waals surface area contributed by atoms with Crippen LogP contribution in [-0.4, -0.2) is 15.0 Å². The van der Waals surface area contributed by atoms with Crippen molar-refractivity contribution in [2.75, 3.05) is 0 Å². The summed E-state index contributed by atoms with van der Waals surface area (Å²) in [5.41, 5.74) is -2.41. The Balaban J connectivity index is -0.000000101. The molecule has 13 heavy (non-hydrogen) atoms. The number of hydrogen-bond donors (Lipinski definition) is 3. The number of nitrogens with one attached hydrogen (secondary N) is 3. The Morgan fingerprint density at radius 2 is 0.769 bits per heavy atom. The molecule has 0 spiro atoms. The monoisotopic (exact) mass is 245 g/mol. The third-order valence-electron chi connectivity index (χ3n) is 0.681. The molecule has 0 amide bonds. The molecule has 0 aromatic carbocycles. The van der Waals surface area contributed by atoms with Crippen LogP contribution in [0, 0.1) is 0 Å². The molecule has 0 bridgehead atoms. The Hall–Kier alpha value is 0.990. The molecule has 0 aliphatic rings. The summed E-state index contributed by atoms with van der Waals surface area (Å²) < 4.78 is 0. The minimum absolute atomic E-state index is 0. The van der Waals surface area contributed by atoms with Gasteiger partial charge in [0.05, 0.1) is 0 Å². The smallest absolute Gasteiger partial charge is 1.00 e. The van der Waals surface area contributed by atoms with Crippen LogP contribution >= 0.6 is 0 Å². The van der Waals surface area contributed by atoms with E-state index in [0.29, 0.717) is 0 Å². The van der Waals surface area contributed by atoms with Gasteiger partial charge in [0, 0.05) is 0 Å². The second-order valence-corrected chi connectivity index (χ2v) is 1.36. The molecule has 3 N–H and O–H groups in total. The zero-order valence-corrected chi connectivity index (χ0v) is 12.5. The van der Waals surface area contributed by atoms with Crippen LogP contribution in [0.2, 0.25) is 0 Å². The normalized spacial score (nSPS) is 6.46. The zero-order valence-electron chi connectivity index (χ0n) is 6.98. The summed E-state index contributed by atoms with van der Waals surface area (Å²) in [6.07, 6.45) is 0. The summed E-state index contributed by atoms with van der Waals surface area (Å²) in [7, 11) is 0. The van der Waals surface area contributed by atoms with E-state index < -0.39 is 17.1 Å². The van der Waals surface area contributed by atoms with E-state index in [1.165, 1.54) is 0 Å². The van der Waals surface area contributed by atoms with Crippen LogP contribution in [-0.2, 0) is 0 Å². The average Bonchev–Trinajstić information content (AvgIpc) is 1.59. The predicted molar refractivity (Wildman–Crippen MR) is 28.3 cm³/mol. The SMILES string of the molecule is O=c1[nH]c(=O)[nH]c(=O)[nH]1.[Cl-].[Cl-].[Na+].[Na+]. The molecule has 0 radical (unpaired) electrons. The van der Waals surface area contributed by atoms with E-state index in [9.17, 15) is 14.4 Å². The topological polar surface area (TPSA) is 98.6 Å². The second-order valence-electron chi connectivity index (χ2n) is 1.36. The molecule has 64 valence electrons. The maximum atomic E-state index is 10.2. The molecule has 0 unspecified atom stereocenters. The van der Waals surface area contributed by atoms with Crippen LogP contribution in [0.5, 0.6) is 0 Å². The minimum atomic E-state index is -0.802. The molecule has 1 rings (SSSR count). The van der Waals surface area contributed by atoms with Gasteiger partial charge in [-0.1, -0.05) is 0 Å². The predicted octanol–water partition coefficient (Wildman–Crippen LogP) is -14.2. The summed E-state index contributed by atoms with van der Waals surface area (Å²) in [6.45, 7) is 0. The molecule has 10 heteroatoms. The largest absolute Gasteiger partial charge is 1.00 e. The molecule has 0 saturated carbocycles. The van der Waals surface area contributed by atoms with E-state index in [4.69, 9.17) is 0 Å². The fraction of sp³-hybridized carbons (Fsp3) is 0. The first kappa shape index (κ1) is 23.7. The standard InChI is InChI=1S/C3H3N3O3.2ClH.2Na/c7-1-4-2(8)6-3(9)5-1;;;;/h(H3,4,5,6,7,8,9);2*1H;;/q;;;2*+1/p-2. The van der Waals surface area contributed by atoms with Gasteiger partial charge in [-0.3, -0.25) is 15.0 Å². The number of aromatic amines is 3.